The van der Waals surface area contributed by atoms with Gasteiger partial charge in [-0.25, -0.2) is 0 Å². The molecule has 0 spiro atoms. The van der Waals surface area contributed by atoms with Crippen molar-refractivity contribution in [3.8, 4) is 0 Å². The highest BCUT2D eigenvalue weighted by Crippen LogP contribution is 2.26. The van der Waals surface area contributed by atoms with Crippen LogP contribution < -0.4 is 4.90 Å². The molecule has 0 bridgehead atoms. The number of benzene rings is 1. The molecule has 1 aliphatic rings. The minimum Gasteiger partial charge on any atom is -0.346 e. The molecule has 0 unspecified atom stereocenters. The Kier molecular flexibility index (Phi) is 2.69. The second-order valence-corrected chi connectivity index (χ2v) is 4.41. The van der Waals surface area contributed by atoms with Crippen molar-refractivity contribution >= 4 is 17.4 Å². The van der Waals surface area contributed by atoms with Crippen molar-refractivity contribution in [3.05, 3.63) is 53.2 Å². The van der Waals surface area contributed by atoms with Crippen molar-refractivity contribution < 1.29 is 0 Å². The average Bonchev–Trinajstić information content (AvgIpc) is 2.82. The zero-order valence-electron chi connectivity index (χ0n) is 9.31. The Morgan fingerprint density at radius 2 is 1.71 bits per heavy atom. The summed E-state index contributed by atoms with van der Waals surface area (Å²) in [5, 5.41) is 8.29. The van der Waals surface area contributed by atoms with Crippen molar-refractivity contribution in [1.82, 2.24) is 10.2 Å². The van der Waals surface area contributed by atoms with Gasteiger partial charge in [0.05, 0.1) is 11.6 Å². The summed E-state index contributed by atoms with van der Waals surface area (Å²) in [6.45, 7) is 1.82. The highest BCUT2D eigenvalue weighted by molar-refractivity contribution is 6.16. The van der Waals surface area contributed by atoms with Gasteiger partial charge in [0, 0.05) is 13.1 Å². The molecule has 0 aliphatic carbocycles. The van der Waals surface area contributed by atoms with Crippen molar-refractivity contribution in [3.63, 3.8) is 0 Å². The minimum absolute atomic E-state index is 0.410. The van der Waals surface area contributed by atoms with Gasteiger partial charge in [-0.3, -0.25) is 0 Å². The Labute approximate surface area is 105 Å². The third-order valence-corrected chi connectivity index (χ3v) is 3.28. The zero-order chi connectivity index (χ0) is 11.7. The van der Waals surface area contributed by atoms with Gasteiger partial charge in [-0.05, 0) is 23.3 Å². The van der Waals surface area contributed by atoms with Gasteiger partial charge in [0.25, 0.3) is 0 Å². The summed E-state index contributed by atoms with van der Waals surface area (Å²) in [5.74, 6) is 1.32. The Balaban J connectivity index is 1.83. The third-order valence-electron chi connectivity index (χ3n) is 3.01. The summed E-state index contributed by atoms with van der Waals surface area (Å²) >= 11 is 5.70. The second kappa shape index (κ2) is 4.34. The first kappa shape index (κ1) is 10.5. The van der Waals surface area contributed by atoms with Crippen molar-refractivity contribution in [2.24, 2.45) is 0 Å². The fraction of sp³-hybridized carbons (Fsp3) is 0.231. The zero-order valence-corrected chi connectivity index (χ0v) is 10.1. The smallest absolute Gasteiger partial charge is 0.151 e. The van der Waals surface area contributed by atoms with Crippen LogP contribution in [0.25, 0.3) is 0 Å². The summed E-state index contributed by atoms with van der Waals surface area (Å²) in [6, 6.07) is 12.4. The van der Waals surface area contributed by atoms with E-state index in [-0.39, 0.29) is 0 Å². The fourth-order valence-corrected chi connectivity index (χ4v) is 2.23. The lowest BCUT2D eigenvalue weighted by Gasteiger charge is -2.15. The van der Waals surface area contributed by atoms with Gasteiger partial charge >= 0.3 is 0 Å². The van der Waals surface area contributed by atoms with Crippen LogP contribution in [0.3, 0.4) is 0 Å². The molecule has 3 rings (SSSR count). The van der Waals surface area contributed by atoms with Gasteiger partial charge in [-0.15, -0.1) is 16.7 Å². The second-order valence-electron chi connectivity index (χ2n) is 4.14. The molecule has 0 atom stereocenters. The van der Waals surface area contributed by atoms with Crippen LogP contribution in [0.4, 0.5) is 5.82 Å². The largest absolute Gasteiger partial charge is 0.346 e. The maximum Gasteiger partial charge on any atom is 0.151 e. The molecular formula is C13H12ClN3. The molecule has 0 amide bonds. The Hall–Kier alpha value is -1.61. The molecule has 1 aliphatic heterocycles. The molecule has 0 N–H and O–H groups in total. The number of rotatable bonds is 2. The molecule has 2 aromatic rings. The van der Waals surface area contributed by atoms with E-state index in [1.165, 1.54) is 11.1 Å². The van der Waals surface area contributed by atoms with Gasteiger partial charge in [0.15, 0.2) is 5.82 Å². The van der Waals surface area contributed by atoms with E-state index in [1.807, 2.05) is 12.1 Å². The van der Waals surface area contributed by atoms with Crippen LogP contribution in [0.15, 0.2) is 36.4 Å². The lowest BCUT2D eigenvalue weighted by atomic mass is 10.1. The van der Waals surface area contributed by atoms with E-state index in [0.29, 0.717) is 5.88 Å². The van der Waals surface area contributed by atoms with Crippen LogP contribution in [0.1, 0.15) is 16.8 Å². The monoisotopic (exact) mass is 245 g/mol. The predicted octanol–water partition coefficient (Wildman–Crippen LogP) is 2.74. The molecule has 2 heterocycles. The minimum atomic E-state index is 0.410. The molecule has 1 aromatic carbocycles. The van der Waals surface area contributed by atoms with E-state index in [2.05, 4.69) is 39.4 Å². The lowest BCUT2D eigenvalue weighted by Crippen LogP contribution is -2.16. The van der Waals surface area contributed by atoms with Crippen LogP contribution in [0, 0.1) is 0 Å². The number of hydrogen-bond donors (Lipinski definition) is 0. The Morgan fingerprint density at radius 3 is 2.24 bits per heavy atom. The standard InChI is InChI=1S/C13H12ClN3/c14-7-12-5-6-13(16-15-12)17-8-10-3-1-2-4-11(10)9-17/h1-6H,7-9H2. The lowest BCUT2D eigenvalue weighted by molar-refractivity contribution is 0.822. The normalized spacial score (nSPS) is 13.8. The molecule has 1 aromatic heterocycles. The van der Waals surface area contributed by atoms with E-state index in [0.717, 1.165) is 24.6 Å². The number of anilines is 1. The van der Waals surface area contributed by atoms with Crippen molar-refractivity contribution in [2.45, 2.75) is 19.0 Å². The van der Waals surface area contributed by atoms with Gasteiger partial charge < -0.3 is 4.90 Å². The highest BCUT2D eigenvalue weighted by Gasteiger charge is 2.19. The maximum absolute atomic E-state index is 5.70. The Morgan fingerprint density at radius 1 is 1.00 bits per heavy atom. The van der Waals surface area contributed by atoms with Crippen LogP contribution in [0.5, 0.6) is 0 Å². The molecule has 86 valence electrons. The molecule has 3 nitrogen and oxygen atoms in total. The van der Waals surface area contributed by atoms with Crippen LogP contribution in [-0.4, -0.2) is 10.2 Å². The van der Waals surface area contributed by atoms with Crippen molar-refractivity contribution in [2.75, 3.05) is 4.90 Å². The quantitative estimate of drug-likeness (QED) is 0.762. The summed E-state index contributed by atoms with van der Waals surface area (Å²) in [4.78, 5) is 2.22. The molecule has 17 heavy (non-hydrogen) atoms. The van der Waals surface area contributed by atoms with E-state index in [4.69, 9.17) is 11.6 Å². The summed E-state index contributed by atoms with van der Waals surface area (Å²) in [5.41, 5.74) is 3.55. The third kappa shape index (κ3) is 1.98. The topological polar surface area (TPSA) is 29.0 Å². The molecule has 0 fully saturated rings. The predicted molar refractivity (Wildman–Crippen MR) is 67.9 cm³/mol. The SMILES string of the molecule is ClCc1ccc(N2Cc3ccccc3C2)nn1. The van der Waals surface area contributed by atoms with E-state index < -0.39 is 0 Å². The molecule has 0 saturated heterocycles. The maximum atomic E-state index is 5.70. The van der Waals surface area contributed by atoms with Crippen LogP contribution in [0.2, 0.25) is 0 Å². The van der Waals surface area contributed by atoms with Gasteiger partial charge in [-0.1, -0.05) is 24.3 Å². The number of halogens is 1. The van der Waals surface area contributed by atoms with E-state index >= 15 is 0 Å². The number of aromatic nitrogens is 2. The summed E-state index contributed by atoms with van der Waals surface area (Å²) in [6.07, 6.45) is 0. The molecule has 0 radical (unpaired) electrons. The van der Waals surface area contributed by atoms with E-state index in [1.54, 1.807) is 0 Å². The summed E-state index contributed by atoms with van der Waals surface area (Å²) < 4.78 is 0. The number of alkyl halides is 1. The Bertz CT molecular complexity index is 499. The van der Waals surface area contributed by atoms with Crippen LogP contribution in [-0.2, 0) is 19.0 Å². The number of nitrogens with zero attached hydrogens (tertiary/aromatic N) is 3. The van der Waals surface area contributed by atoms with Crippen LogP contribution >= 0.6 is 11.6 Å². The summed E-state index contributed by atoms with van der Waals surface area (Å²) in [7, 11) is 0. The fourth-order valence-electron chi connectivity index (χ4n) is 2.09. The number of fused-ring (bicyclic) bond motifs is 1. The molecule has 4 heteroatoms. The van der Waals surface area contributed by atoms with E-state index in [9.17, 15) is 0 Å². The molecular weight excluding hydrogens is 234 g/mol. The first-order valence-corrected chi connectivity index (χ1v) is 6.10. The van der Waals surface area contributed by atoms with Gasteiger partial charge in [-0.2, -0.15) is 5.10 Å². The number of hydrogen-bond acceptors (Lipinski definition) is 3. The highest BCUT2D eigenvalue weighted by atomic mass is 35.5. The van der Waals surface area contributed by atoms with Gasteiger partial charge in [0.1, 0.15) is 0 Å². The first-order chi connectivity index (χ1) is 8.36. The van der Waals surface area contributed by atoms with Crippen molar-refractivity contribution in [1.29, 1.82) is 0 Å². The first-order valence-electron chi connectivity index (χ1n) is 5.57. The average molecular weight is 246 g/mol. The van der Waals surface area contributed by atoms with Gasteiger partial charge in [0.2, 0.25) is 0 Å². The molecule has 0 saturated carbocycles.